The Bertz CT molecular complexity index is 1140. The molecule has 8 N–H and O–H groups in total. The molecule has 17 nitrogen and oxygen atoms in total. The van der Waals surface area contributed by atoms with E-state index >= 15 is 0 Å². The normalized spacial score (nSPS) is 29.6. The molecule has 2 saturated heterocycles. The Morgan fingerprint density at radius 1 is 0.694 bits per heavy atom. The van der Waals surface area contributed by atoms with E-state index in [4.69, 9.17) is 23.7 Å². The van der Waals surface area contributed by atoms with Crippen LogP contribution in [-0.4, -0.2) is 142 Å². The molecule has 0 bridgehead atoms. The van der Waals surface area contributed by atoms with Crippen LogP contribution in [-0.2, 0) is 42.9 Å². The number of rotatable bonds is 21. The van der Waals surface area contributed by atoms with Crippen LogP contribution >= 0.6 is 0 Å². The third-order valence-electron chi connectivity index (χ3n) is 7.99. The van der Waals surface area contributed by atoms with Crippen molar-refractivity contribution < 1.29 is 73.5 Å². The summed E-state index contributed by atoms with van der Waals surface area (Å²) in [7, 11) is 0. The first kappa shape index (κ1) is 42.2. The SMILES string of the molecule is C=C(C)C(=O)NCCCCCC(=O)OC[C@H]1O[C@@](CO)(O[C@H]2O[C@H](COC(=O)CCCCCNC(=O)C(=C)C)[C@@H](O)[C@H](O)[C@H]2O)[C@@H](O)[C@@H]1O. The zero-order valence-electron chi connectivity index (χ0n) is 28.1. The Morgan fingerprint density at radius 3 is 1.65 bits per heavy atom. The maximum atomic E-state index is 12.2. The van der Waals surface area contributed by atoms with Crippen LogP contribution in [0.15, 0.2) is 24.3 Å². The summed E-state index contributed by atoms with van der Waals surface area (Å²) in [6.45, 7) is 8.98. The van der Waals surface area contributed by atoms with Crippen molar-refractivity contribution in [1.29, 1.82) is 0 Å². The molecule has 0 saturated carbocycles. The summed E-state index contributed by atoms with van der Waals surface area (Å²) in [4.78, 5) is 47.4. The molecule has 2 fully saturated rings. The van der Waals surface area contributed by atoms with Crippen LogP contribution in [0.4, 0.5) is 0 Å². The van der Waals surface area contributed by atoms with Gasteiger partial charge in [-0.1, -0.05) is 26.0 Å². The standard InChI is InChI=1S/C32H52N2O15/c1-18(2)29(43)33-13-9-5-7-11-22(36)45-15-20-24(38)26(40)27(41)31(47-20)49-32(17-35)28(42)25(39)21(48-32)16-46-23(37)12-8-6-10-14-34-30(44)19(3)4/h20-21,24-28,31,35,38-42H,1,3,5-17H2,2,4H3,(H,33,43)(H,34,44)/t20-,21-,24-,25-,26+,27-,28+,31-,32+/m1/s1. The Hall–Kier alpha value is -3.00. The van der Waals surface area contributed by atoms with Crippen molar-refractivity contribution in [3.05, 3.63) is 24.3 Å². The van der Waals surface area contributed by atoms with E-state index in [-0.39, 0.29) is 24.7 Å². The summed E-state index contributed by atoms with van der Waals surface area (Å²) in [5.74, 6) is -4.15. The van der Waals surface area contributed by atoms with Crippen LogP contribution in [0.1, 0.15) is 65.2 Å². The molecule has 0 radical (unpaired) electrons. The molecule has 2 amide bonds. The largest absolute Gasteiger partial charge is 0.463 e. The van der Waals surface area contributed by atoms with E-state index in [1.807, 2.05) is 0 Å². The highest BCUT2D eigenvalue weighted by atomic mass is 16.8. The number of ether oxygens (including phenoxy) is 5. The third-order valence-corrected chi connectivity index (χ3v) is 7.99. The Kier molecular flexibility index (Phi) is 17.7. The molecule has 0 aromatic heterocycles. The number of aliphatic hydroxyl groups is 6. The van der Waals surface area contributed by atoms with E-state index in [2.05, 4.69) is 23.8 Å². The fourth-order valence-corrected chi connectivity index (χ4v) is 4.95. The highest BCUT2D eigenvalue weighted by Crippen LogP contribution is 2.36. The first-order chi connectivity index (χ1) is 23.1. The molecular weight excluding hydrogens is 652 g/mol. The summed E-state index contributed by atoms with van der Waals surface area (Å²) in [5, 5.41) is 68.2. The van der Waals surface area contributed by atoms with Gasteiger partial charge in [0, 0.05) is 37.1 Å². The molecule has 2 aliphatic rings. The molecule has 2 rings (SSSR count). The van der Waals surface area contributed by atoms with Crippen LogP contribution in [0, 0.1) is 0 Å². The van der Waals surface area contributed by atoms with E-state index in [0.29, 0.717) is 62.8 Å². The number of carbonyl (C=O) groups excluding carboxylic acids is 4. The van der Waals surface area contributed by atoms with Gasteiger partial charge in [0.25, 0.3) is 0 Å². The maximum Gasteiger partial charge on any atom is 0.305 e. The minimum Gasteiger partial charge on any atom is -0.463 e. The lowest BCUT2D eigenvalue weighted by Crippen LogP contribution is -2.62. The number of amides is 2. The van der Waals surface area contributed by atoms with Crippen molar-refractivity contribution in [3.8, 4) is 0 Å². The van der Waals surface area contributed by atoms with Crippen molar-refractivity contribution in [2.24, 2.45) is 0 Å². The number of aliphatic hydroxyl groups excluding tert-OH is 6. The summed E-state index contributed by atoms with van der Waals surface area (Å²) in [6, 6.07) is 0. The molecule has 280 valence electrons. The Morgan fingerprint density at radius 2 is 1.18 bits per heavy atom. The molecule has 9 atom stereocenters. The maximum absolute atomic E-state index is 12.2. The van der Waals surface area contributed by atoms with Crippen molar-refractivity contribution in [1.82, 2.24) is 10.6 Å². The van der Waals surface area contributed by atoms with Crippen LogP contribution in [0.5, 0.6) is 0 Å². The van der Waals surface area contributed by atoms with E-state index in [9.17, 15) is 49.8 Å². The van der Waals surface area contributed by atoms with Crippen molar-refractivity contribution in [3.63, 3.8) is 0 Å². The highest BCUT2D eigenvalue weighted by Gasteiger charge is 2.58. The number of esters is 2. The van der Waals surface area contributed by atoms with Gasteiger partial charge in [-0.15, -0.1) is 0 Å². The lowest BCUT2D eigenvalue weighted by molar-refractivity contribution is -0.383. The second-order valence-corrected chi connectivity index (χ2v) is 12.3. The van der Waals surface area contributed by atoms with E-state index < -0.39 is 86.6 Å². The minimum absolute atomic E-state index is 0.0232. The summed E-state index contributed by atoms with van der Waals surface area (Å²) in [5.41, 5.74) is 0.785. The first-order valence-electron chi connectivity index (χ1n) is 16.3. The quantitative estimate of drug-likeness (QED) is 0.0373. The number of hydrogen-bond donors (Lipinski definition) is 8. The fourth-order valence-electron chi connectivity index (χ4n) is 4.95. The second kappa shape index (κ2) is 20.6. The molecule has 2 aliphatic heterocycles. The van der Waals surface area contributed by atoms with E-state index in [1.54, 1.807) is 13.8 Å². The van der Waals surface area contributed by atoms with E-state index in [1.165, 1.54) is 0 Å². The van der Waals surface area contributed by atoms with Gasteiger partial charge in [-0.3, -0.25) is 19.2 Å². The predicted molar refractivity (Wildman–Crippen MR) is 169 cm³/mol. The van der Waals surface area contributed by atoms with Gasteiger partial charge in [-0.25, -0.2) is 0 Å². The smallest absolute Gasteiger partial charge is 0.305 e. The molecule has 2 heterocycles. The average molecular weight is 705 g/mol. The number of carbonyl (C=O) groups is 4. The molecule has 17 heteroatoms. The second-order valence-electron chi connectivity index (χ2n) is 12.3. The Balaban J connectivity index is 1.83. The number of hydrogen-bond acceptors (Lipinski definition) is 15. The van der Waals surface area contributed by atoms with Gasteiger partial charge < -0.3 is 65.0 Å². The molecule has 49 heavy (non-hydrogen) atoms. The van der Waals surface area contributed by atoms with Crippen LogP contribution in [0.25, 0.3) is 0 Å². The molecule has 0 aromatic carbocycles. The van der Waals surface area contributed by atoms with Gasteiger partial charge in [0.15, 0.2) is 6.29 Å². The average Bonchev–Trinajstić information content (AvgIpc) is 3.30. The monoisotopic (exact) mass is 704 g/mol. The zero-order chi connectivity index (χ0) is 36.7. The predicted octanol–water partition coefficient (Wildman–Crippen LogP) is -1.79. The molecule has 0 aliphatic carbocycles. The zero-order valence-corrected chi connectivity index (χ0v) is 28.1. The third kappa shape index (κ3) is 13.0. The van der Waals surface area contributed by atoms with Crippen molar-refractivity contribution in [2.45, 2.75) is 120 Å². The van der Waals surface area contributed by atoms with Crippen LogP contribution in [0.3, 0.4) is 0 Å². The molecular formula is C32H52N2O15. The Labute approximate surface area is 285 Å². The fraction of sp³-hybridized carbons (Fsp3) is 0.750. The van der Waals surface area contributed by atoms with Gasteiger partial charge >= 0.3 is 11.9 Å². The molecule has 0 unspecified atom stereocenters. The lowest BCUT2D eigenvalue weighted by atomic mass is 9.99. The van der Waals surface area contributed by atoms with Crippen LogP contribution < -0.4 is 10.6 Å². The molecule has 0 aromatic rings. The number of unbranched alkanes of at least 4 members (excludes halogenated alkanes) is 4. The lowest BCUT2D eigenvalue weighted by Gasteiger charge is -2.43. The first-order valence-corrected chi connectivity index (χ1v) is 16.3. The van der Waals surface area contributed by atoms with Gasteiger partial charge in [0.05, 0.1) is 0 Å². The molecule has 0 spiro atoms. The van der Waals surface area contributed by atoms with Crippen LogP contribution in [0.2, 0.25) is 0 Å². The van der Waals surface area contributed by atoms with Gasteiger partial charge in [0.2, 0.25) is 17.6 Å². The van der Waals surface area contributed by atoms with Gasteiger partial charge in [-0.2, -0.15) is 0 Å². The highest BCUT2D eigenvalue weighted by molar-refractivity contribution is 5.92. The topological polar surface area (TPSA) is 260 Å². The summed E-state index contributed by atoms with van der Waals surface area (Å²) in [6.07, 6.45) is -10.3. The van der Waals surface area contributed by atoms with Crippen molar-refractivity contribution in [2.75, 3.05) is 32.9 Å². The van der Waals surface area contributed by atoms with Crippen molar-refractivity contribution >= 4 is 23.8 Å². The minimum atomic E-state index is -2.40. The van der Waals surface area contributed by atoms with Gasteiger partial charge in [-0.05, 0) is 39.5 Å². The van der Waals surface area contributed by atoms with E-state index in [0.717, 1.165) is 0 Å². The summed E-state index contributed by atoms with van der Waals surface area (Å²) < 4.78 is 27.0. The van der Waals surface area contributed by atoms with Gasteiger partial charge in [0.1, 0.15) is 62.5 Å². The summed E-state index contributed by atoms with van der Waals surface area (Å²) >= 11 is 0. The number of nitrogens with one attached hydrogen (secondary N) is 2.